The summed E-state index contributed by atoms with van der Waals surface area (Å²) in [6.07, 6.45) is 3.06. The summed E-state index contributed by atoms with van der Waals surface area (Å²) in [4.78, 5) is 31.1. The molecule has 0 bridgehead atoms. The van der Waals surface area contributed by atoms with Crippen LogP contribution in [0.4, 0.5) is 5.13 Å². The Morgan fingerprint density at radius 1 is 1.17 bits per heavy atom. The lowest BCUT2D eigenvalue weighted by molar-refractivity contribution is 0.102. The van der Waals surface area contributed by atoms with Gasteiger partial charge >= 0.3 is 0 Å². The highest BCUT2D eigenvalue weighted by atomic mass is 35.5. The van der Waals surface area contributed by atoms with Crippen LogP contribution in [0.1, 0.15) is 15.9 Å². The first-order valence-corrected chi connectivity index (χ1v) is 9.94. The van der Waals surface area contributed by atoms with Gasteiger partial charge < -0.3 is 9.72 Å². The Labute approximate surface area is 179 Å². The maximum Gasteiger partial charge on any atom is 0.296 e. The number of aromatic nitrogens is 4. The van der Waals surface area contributed by atoms with Crippen LogP contribution in [0.5, 0.6) is 5.19 Å². The van der Waals surface area contributed by atoms with E-state index in [1.54, 1.807) is 36.5 Å². The molecular formula is C20H14ClN5O3S. The summed E-state index contributed by atoms with van der Waals surface area (Å²) in [5.74, 6) is -0.418. The van der Waals surface area contributed by atoms with Crippen LogP contribution in [0, 0.1) is 0 Å². The first-order valence-electron chi connectivity index (χ1n) is 8.75. The van der Waals surface area contributed by atoms with Gasteiger partial charge in [-0.15, -0.1) is 5.10 Å². The third-order valence-electron chi connectivity index (χ3n) is 4.00. The highest BCUT2D eigenvalue weighted by Crippen LogP contribution is 2.25. The SMILES string of the molecule is O=C(Nc1nnc(OCc2ccc(Cl)cc2)s1)c1cccnc1-c1cc[nH]c(=O)c1. The molecule has 10 heteroatoms. The van der Waals surface area contributed by atoms with E-state index >= 15 is 0 Å². The number of hydrogen-bond donors (Lipinski definition) is 2. The lowest BCUT2D eigenvalue weighted by Gasteiger charge is -2.07. The average Bonchev–Trinajstić information content (AvgIpc) is 3.20. The third-order valence-corrected chi connectivity index (χ3v) is 5.01. The quantitative estimate of drug-likeness (QED) is 0.473. The van der Waals surface area contributed by atoms with E-state index in [2.05, 4.69) is 25.5 Å². The minimum Gasteiger partial charge on any atom is -0.464 e. The smallest absolute Gasteiger partial charge is 0.296 e. The molecule has 4 aromatic rings. The molecule has 0 aliphatic carbocycles. The molecule has 0 saturated carbocycles. The Kier molecular flexibility index (Phi) is 5.82. The molecule has 0 aliphatic heterocycles. The number of ether oxygens (including phenoxy) is 1. The fourth-order valence-corrected chi connectivity index (χ4v) is 3.34. The topological polar surface area (TPSA) is 110 Å². The summed E-state index contributed by atoms with van der Waals surface area (Å²) >= 11 is 6.97. The van der Waals surface area contributed by atoms with Gasteiger partial charge in [0.25, 0.3) is 11.1 Å². The summed E-state index contributed by atoms with van der Waals surface area (Å²) in [5, 5.41) is 11.8. The van der Waals surface area contributed by atoms with Crippen molar-refractivity contribution in [3.8, 4) is 16.5 Å². The van der Waals surface area contributed by atoms with Crippen LogP contribution in [-0.2, 0) is 6.61 Å². The van der Waals surface area contributed by atoms with Crippen molar-refractivity contribution in [3.05, 3.63) is 87.4 Å². The molecule has 0 fully saturated rings. The fourth-order valence-electron chi connectivity index (χ4n) is 2.62. The number of nitrogens with one attached hydrogen (secondary N) is 2. The van der Waals surface area contributed by atoms with Crippen molar-refractivity contribution in [1.82, 2.24) is 20.2 Å². The van der Waals surface area contributed by atoms with E-state index in [1.807, 2.05) is 12.1 Å². The minimum atomic E-state index is -0.418. The third kappa shape index (κ3) is 4.70. The molecule has 8 nitrogen and oxygen atoms in total. The van der Waals surface area contributed by atoms with Crippen LogP contribution >= 0.6 is 22.9 Å². The van der Waals surface area contributed by atoms with Gasteiger partial charge in [-0.05, 0) is 47.2 Å². The van der Waals surface area contributed by atoms with Crippen molar-refractivity contribution in [2.24, 2.45) is 0 Å². The molecular weight excluding hydrogens is 426 g/mol. The average molecular weight is 440 g/mol. The Morgan fingerprint density at radius 2 is 2.00 bits per heavy atom. The molecule has 3 aromatic heterocycles. The van der Waals surface area contributed by atoms with Gasteiger partial charge in [-0.3, -0.25) is 19.9 Å². The van der Waals surface area contributed by atoms with Gasteiger partial charge in [-0.25, -0.2) is 0 Å². The number of nitrogens with zero attached hydrogens (tertiary/aromatic N) is 3. The molecule has 150 valence electrons. The molecule has 1 aromatic carbocycles. The number of carbonyl (C=O) groups is 1. The van der Waals surface area contributed by atoms with Gasteiger partial charge in [-0.2, -0.15) is 0 Å². The lowest BCUT2D eigenvalue weighted by atomic mass is 10.1. The van der Waals surface area contributed by atoms with Gasteiger partial charge in [0.2, 0.25) is 10.7 Å². The molecule has 30 heavy (non-hydrogen) atoms. The Hall–Kier alpha value is -3.56. The van der Waals surface area contributed by atoms with Crippen LogP contribution in [0.3, 0.4) is 0 Å². The standard InChI is InChI=1S/C20H14ClN5O3S/c21-14-5-3-12(4-6-14)11-29-20-26-25-19(30-20)24-18(28)15-2-1-8-23-17(15)13-7-9-22-16(27)10-13/h1-10H,11H2,(H,22,27)(H,24,25,28). The van der Waals surface area contributed by atoms with Crippen LogP contribution in [0.15, 0.2) is 65.7 Å². The highest BCUT2D eigenvalue weighted by molar-refractivity contribution is 7.17. The Bertz CT molecular complexity index is 1240. The summed E-state index contributed by atoms with van der Waals surface area (Å²) in [5.41, 5.74) is 1.88. The fraction of sp³-hybridized carbons (Fsp3) is 0.0500. The molecule has 0 saturated heterocycles. The molecule has 2 N–H and O–H groups in total. The zero-order valence-electron chi connectivity index (χ0n) is 15.3. The van der Waals surface area contributed by atoms with Crippen molar-refractivity contribution in [3.63, 3.8) is 0 Å². The molecule has 3 heterocycles. The number of aromatic amines is 1. The Morgan fingerprint density at radius 3 is 2.80 bits per heavy atom. The number of rotatable bonds is 6. The molecule has 0 aliphatic rings. The maximum absolute atomic E-state index is 12.8. The molecule has 0 spiro atoms. The zero-order valence-corrected chi connectivity index (χ0v) is 16.9. The van der Waals surface area contributed by atoms with E-state index in [0.717, 1.165) is 16.9 Å². The van der Waals surface area contributed by atoms with Crippen LogP contribution in [-0.4, -0.2) is 26.1 Å². The zero-order chi connectivity index (χ0) is 20.9. The highest BCUT2D eigenvalue weighted by Gasteiger charge is 2.16. The van der Waals surface area contributed by atoms with E-state index in [4.69, 9.17) is 16.3 Å². The number of H-pyrrole nitrogens is 1. The predicted molar refractivity (Wildman–Crippen MR) is 114 cm³/mol. The molecule has 0 unspecified atom stereocenters. The summed E-state index contributed by atoms with van der Waals surface area (Å²) < 4.78 is 5.61. The lowest BCUT2D eigenvalue weighted by Crippen LogP contribution is -2.14. The number of halogens is 1. The largest absolute Gasteiger partial charge is 0.464 e. The number of hydrogen-bond acceptors (Lipinski definition) is 7. The molecule has 0 atom stereocenters. The van der Waals surface area contributed by atoms with Gasteiger partial charge in [0, 0.05) is 29.0 Å². The normalized spacial score (nSPS) is 10.6. The summed E-state index contributed by atoms with van der Waals surface area (Å²) in [7, 11) is 0. The van der Waals surface area contributed by atoms with Gasteiger partial charge in [-0.1, -0.05) is 28.8 Å². The number of carbonyl (C=O) groups excluding carboxylic acids is 1. The van der Waals surface area contributed by atoms with E-state index in [0.29, 0.717) is 33.6 Å². The molecule has 1 amide bonds. The maximum atomic E-state index is 12.8. The van der Waals surface area contributed by atoms with Crippen molar-refractivity contribution in [2.45, 2.75) is 6.61 Å². The second kappa shape index (κ2) is 8.85. The first kappa shape index (κ1) is 19.7. The summed E-state index contributed by atoms with van der Waals surface area (Å²) in [6.45, 7) is 0.301. The van der Waals surface area contributed by atoms with Crippen molar-refractivity contribution in [2.75, 3.05) is 5.32 Å². The number of benzene rings is 1. The van der Waals surface area contributed by atoms with E-state index < -0.39 is 5.91 Å². The van der Waals surface area contributed by atoms with Gasteiger partial charge in [0.15, 0.2) is 0 Å². The van der Waals surface area contributed by atoms with Gasteiger partial charge in [0.1, 0.15) is 6.61 Å². The Balaban J connectivity index is 1.46. The van der Waals surface area contributed by atoms with Crippen LogP contribution in [0.25, 0.3) is 11.3 Å². The van der Waals surface area contributed by atoms with E-state index in [9.17, 15) is 9.59 Å². The van der Waals surface area contributed by atoms with E-state index in [-0.39, 0.29) is 10.7 Å². The number of amides is 1. The van der Waals surface area contributed by atoms with Crippen molar-refractivity contribution >= 4 is 34.0 Å². The number of anilines is 1. The molecule has 0 radical (unpaired) electrons. The minimum absolute atomic E-state index is 0.281. The van der Waals surface area contributed by atoms with E-state index in [1.165, 1.54) is 12.3 Å². The van der Waals surface area contributed by atoms with Gasteiger partial charge in [0.05, 0.1) is 11.3 Å². The van der Waals surface area contributed by atoms with Crippen LogP contribution in [0.2, 0.25) is 5.02 Å². The van der Waals surface area contributed by atoms with Crippen LogP contribution < -0.4 is 15.6 Å². The second-order valence-corrected chi connectivity index (χ2v) is 7.46. The monoisotopic (exact) mass is 439 g/mol. The van der Waals surface area contributed by atoms with Crippen molar-refractivity contribution < 1.29 is 9.53 Å². The second-order valence-electron chi connectivity index (χ2n) is 6.08. The van der Waals surface area contributed by atoms with Crippen molar-refractivity contribution in [1.29, 1.82) is 0 Å². The predicted octanol–water partition coefficient (Wildman–Crippen LogP) is 3.77. The first-order chi connectivity index (χ1) is 14.6. The molecule has 4 rings (SSSR count). The summed E-state index contributed by atoms with van der Waals surface area (Å²) in [6, 6.07) is 13.6. The number of pyridine rings is 2.